The van der Waals surface area contributed by atoms with Gasteiger partial charge in [0.1, 0.15) is 5.75 Å². The number of halogens is 1. The zero-order valence-corrected chi connectivity index (χ0v) is 13.5. The average Bonchev–Trinajstić information content (AvgIpc) is 2.42. The van der Waals surface area contributed by atoms with Gasteiger partial charge in [0.05, 0.1) is 6.61 Å². The molecular formula is C15H24BrNO2. The van der Waals surface area contributed by atoms with Gasteiger partial charge in [-0.05, 0) is 44.5 Å². The molecule has 0 fully saturated rings. The lowest BCUT2D eigenvalue weighted by Crippen LogP contribution is -2.17. The standard InChI is InChI=1S/C15H24BrNO2/c1-3-9-19-15-7-6-14(16)11-13(15)12-17-8-5-10-18-4-2/h6-7,11,17H,3-5,8-10,12H2,1-2H3. The number of benzene rings is 1. The third kappa shape index (κ3) is 6.95. The molecule has 0 aromatic heterocycles. The fraction of sp³-hybridized carbons (Fsp3) is 0.600. The van der Waals surface area contributed by atoms with Gasteiger partial charge in [0.2, 0.25) is 0 Å². The van der Waals surface area contributed by atoms with Crippen molar-refractivity contribution in [3.63, 3.8) is 0 Å². The number of hydrogen-bond donors (Lipinski definition) is 1. The Kier molecular flexibility index (Phi) is 8.88. The second kappa shape index (κ2) is 10.2. The molecule has 0 aliphatic heterocycles. The Hall–Kier alpha value is -0.580. The molecule has 0 amide bonds. The highest BCUT2D eigenvalue weighted by Gasteiger charge is 2.04. The Bertz CT molecular complexity index is 358. The zero-order chi connectivity index (χ0) is 13.9. The van der Waals surface area contributed by atoms with Gasteiger partial charge in [-0.3, -0.25) is 0 Å². The molecule has 0 unspecified atom stereocenters. The van der Waals surface area contributed by atoms with Crippen molar-refractivity contribution in [2.45, 2.75) is 33.2 Å². The van der Waals surface area contributed by atoms with Crippen LogP contribution in [0, 0.1) is 0 Å². The second-order valence-corrected chi connectivity index (χ2v) is 5.24. The van der Waals surface area contributed by atoms with Crippen molar-refractivity contribution in [3.8, 4) is 5.75 Å². The molecule has 0 spiro atoms. The van der Waals surface area contributed by atoms with Crippen molar-refractivity contribution in [2.24, 2.45) is 0 Å². The minimum absolute atomic E-state index is 0.763. The first-order valence-corrected chi connectivity index (χ1v) is 7.77. The van der Waals surface area contributed by atoms with Crippen molar-refractivity contribution in [3.05, 3.63) is 28.2 Å². The quantitative estimate of drug-likeness (QED) is 0.663. The van der Waals surface area contributed by atoms with E-state index in [4.69, 9.17) is 9.47 Å². The van der Waals surface area contributed by atoms with Gasteiger partial charge >= 0.3 is 0 Å². The third-order valence-electron chi connectivity index (χ3n) is 2.65. The van der Waals surface area contributed by atoms with Gasteiger partial charge < -0.3 is 14.8 Å². The van der Waals surface area contributed by atoms with Gasteiger partial charge in [-0.25, -0.2) is 0 Å². The Balaban J connectivity index is 2.39. The highest BCUT2D eigenvalue weighted by molar-refractivity contribution is 9.10. The van der Waals surface area contributed by atoms with Crippen LogP contribution in [0.5, 0.6) is 5.75 Å². The summed E-state index contributed by atoms with van der Waals surface area (Å²) in [5, 5.41) is 3.42. The van der Waals surface area contributed by atoms with Crippen LogP contribution < -0.4 is 10.1 Å². The van der Waals surface area contributed by atoms with Gasteiger partial charge in [-0.1, -0.05) is 22.9 Å². The maximum Gasteiger partial charge on any atom is 0.123 e. The molecule has 0 saturated carbocycles. The minimum atomic E-state index is 0.763. The fourth-order valence-electron chi connectivity index (χ4n) is 1.71. The Morgan fingerprint density at radius 3 is 2.79 bits per heavy atom. The fourth-order valence-corrected chi connectivity index (χ4v) is 2.11. The number of hydrogen-bond acceptors (Lipinski definition) is 3. The van der Waals surface area contributed by atoms with E-state index in [-0.39, 0.29) is 0 Å². The third-order valence-corrected chi connectivity index (χ3v) is 3.14. The summed E-state index contributed by atoms with van der Waals surface area (Å²) in [4.78, 5) is 0. The molecule has 3 nitrogen and oxygen atoms in total. The van der Waals surface area contributed by atoms with Crippen LogP contribution in [0.15, 0.2) is 22.7 Å². The first kappa shape index (κ1) is 16.5. The van der Waals surface area contributed by atoms with E-state index in [0.717, 1.165) is 56.0 Å². The number of nitrogens with one attached hydrogen (secondary N) is 1. The van der Waals surface area contributed by atoms with Crippen LogP contribution >= 0.6 is 15.9 Å². The normalized spacial score (nSPS) is 10.7. The molecule has 1 aromatic carbocycles. The SMILES string of the molecule is CCCOc1ccc(Br)cc1CNCCCOCC. The van der Waals surface area contributed by atoms with E-state index in [1.807, 2.05) is 19.1 Å². The Labute approximate surface area is 124 Å². The molecule has 0 aliphatic rings. The van der Waals surface area contributed by atoms with Crippen LogP contribution in [0.25, 0.3) is 0 Å². The van der Waals surface area contributed by atoms with Gasteiger partial charge in [0, 0.05) is 29.8 Å². The molecule has 1 N–H and O–H groups in total. The van der Waals surface area contributed by atoms with Crippen molar-refractivity contribution < 1.29 is 9.47 Å². The van der Waals surface area contributed by atoms with Crippen LogP contribution in [-0.2, 0) is 11.3 Å². The van der Waals surface area contributed by atoms with E-state index in [2.05, 4.69) is 34.2 Å². The van der Waals surface area contributed by atoms with Crippen molar-refractivity contribution in [2.75, 3.05) is 26.4 Å². The van der Waals surface area contributed by atoms with Crippen LogP contribution in [0.1, 0.15) is 32.3 Å². The molecule has 0 saturated heterocycles. The topological polar surface area (TPSA) is 30.5 Å². The Morgan fingerprint density at radius 2 is 2.05 bits per heavy atom. The van der Waals surface area contributed by atoms with Crippen molar-refractivity contribution in [1.82, 2.24) is 5.32 Å². The van der Waals surface area contributed by atoms with Gasteiger partial charge in [0.15, 0.2) is 0 Å². The summed E-state index contributed by atoms with van der Waals surface area (Å²) in [6.45, 7) is 8.29. The predicted molar refractivity (Wildman–Crippen MR) is 82.7 cm³/mol. The van der Waals surface area contributed by atoms with Crippen LogP contribution in [0.4, 0.5) is 0 Å². The van der Waals surface area contributed by atoms with Gasteiger partial charge in [0.25, 0.3) is 0 Å². The number of ether oxygens (including phenoxy) is 2. The molecule has 1 rings (SSSR count). The van der Waals surface area contributed by atoms with Crippen LogP contribution in [0.2, 0.25) is 0 Å². The van der Waals surface area contributed by atoms with E-state index in [1.165, 1.54) is 5.56 Å². The molecular weight excluding hydrogens is 306 g/mol. The smallest absolute Gasteiger partial charge is 0.123 e. The van der Waals surface area contributed by atoms with E-state index in [9.17, 15) is 0 Å². The molecule has 1 aromatic rings. The van der Waals surface area contributed by atoms with Crippen molar-refractivity contribution in [1.29, 1.82) is 0 Å². The molecule has 0 aliphatic carbocycles. The minimum Gasteiger partial charge on any atom is -0.493 e. The maximum absolute atomic E-state index is 5.75. The summed E-state index contributed by atoms with van der Waals surface area (Å²) < 4.78 is 12.1. The lowest BCUT2D eigenvalue weighted by Gasteiger charge is -2.12. The molecule has 0 heterocycles. The molecule has 0 radical (unpaired) electrons. The van der Waals surface area contributed by atoms with Crippen molar-refractivity contribution >= 4 is 15.9 Å². The first-order valence-electron chi connectivity index (χ1n) is 6.97. The van der Waals surface area contributed by atoms with Crippen LogP contribution in [0.3, 0.4) is 0 Å². The Morgan fingerprint density at radius 1 is 1.21 bits per heavy atom. The zero-order valence-electron chi connectivity index (χ0n) is 11.9. The largest absolute Gasteiger partial charge is 0.493 e. The van der Waals surface area contributed by atoms with E-state index < -0.39 is 0 Å². The van der Waals surface area contributed by atoms with E-state index in [0.29, 0.717) is 0 Å². The summed E-state index contributed by atoms with van der Waals surface area (Å²) in [6.07, 6.45) is 2.06. The average molecular weight is 330 g/mol. The summed E-state index contributed by atoms with van der Waals surface area (Å²) in [6, 6.07) is 6.15. The lowest BCUT2D eigenvalue weighted by molar-refractivity contribution is 0.144. The molecule has 0 atom stereocenters. The lowest BCUT2D eigenvalue weighted by atomic mass is 10.2. The van der Waals surface area contributed by atoms with Gasteiger partial charge in [-0.2, -0.15) is 0 Å². The number of rotatable bonds is 10. The molecule has 19 heavy (non-hydrogen) atoms. The monoisotopic (exact) mass is 329 g/mol. The summed E-state index contributed by atoms with van der Waals surface area (Å²) >= 11 is 3.50. The molecule has 4 heteroatoms. The second-order valence-electron chi connectivity index (χ2n) is 4.33. The summed E-state index contributed by atoms with van der Waals surface area (Å²) in [7, 11) is 0. The van der Waals surface area contributed by atoms with E-state index >= 15 is 0 Å². The highest BCUT2D eigenvalue weighted by atomic mass is 79.9. The first-order chi connectivity index (χ1) is 9.27. The molecule has 0 bridgehead atoms. The van der Waals surface area contributed by atoms with Gasteiger partial charge in [-0.15, -0.1) is 0 Å². The summed E-state index contributed by atoms with van der Waals surface area (Å²) in [5.41, 5.74) is 1.19. The predicted octanol–water partition coefficient (Wildman–Crippen LogP) is 3.75. The maximum atomic E-state index is 5.75. The van der Waals surface area contributed by atoms with Crippen LogP contribution in [-0.4, -0.2) is 26.4 Å². The highest BCUT2D eigenvalue weighted by Crippen LogP contribution is 2.23. The summed E-state index contributed by atoms with van der Waals surface area (Å²) in [5.74, 6) is 0.974. The molecule has 108 valence electrons. The van der Waals surface area contributed by atoms with E-state index in [1.54, 1.807) is 0 Å².